The molecule has 0 spiro atoms. The average Bonchev–Trinajstić information content (AvgIpc) is 2.25. The summed E-state index contributed by atoms with van der Waals surface area (Å²) in [4.78, 5) is 4.49. The number of hydrogen-bond acceptors (Lipinski definition) is 3. The first-order valence-corrected chi connectivity index (χ1v) is 5.66. The summed E-state index contributed by atoms with van der Waals surface area (Å²) in [6.45, 7) is 7.21. The minimum Gasteiger partial charge on any atom is -0.370 e. The van der Waals surface area contributed by atoms with Gasteiger partial charge in [-0.2, -0.15) is 0 Å². The average molecular weight is 207 g/mol. The lowest BCUT2D eigenvalue weighted by molar-refractivity contribution is 0.689. The molecule has 0 saturated carbocycles. The third kappa shape index (κ3) is 3.20. The lowest BCUT2D eigenvalue weighted by atomic mass is 10.0. The molecule has 0 saturated heterocycles. The Bertz CT molecular complexity index is 310. The molecule has 3 nitrogen and oxygen atoms in total. The van der Waals surface area contributed by atoms with Crippen LogP contribution in [0.3, 0.4) is 0 Å². The molecule has 1 atom stereocenters. The second kappa shape index (κ2) is 5.71. The van der Waals surface area contributed by atoms with Crippen molar-refractivity contribution in [1.82, 2.24) is 4.98 Å². The molecule has 1 aromatic heterocycles. The van der Waals surface area contributed by atoms with E-state index in [4.69, 9.17) is 5.73 Å². The van der Waals surface area contributed by atoms with Gasteiger partial charge in [-0.15, -0.1) is 0 Å². The molecular formula is C12H21N3. The predicted octanol–water partition coefficient (Wildman–Crippen LogP) is 2.62. The second-order valence-corrected chi connectivity index (χ2v) is 3.81. The molecule has 0 unspecified atom stereocenters. The molecule has 0 bridgehead atoms. The maximum Gasteiger partial charge on any atom is 0.126 e. The number of pyridine rings is 1. The third-order valence-corrected chi connectivity index (χ3v) is 2.52. The van der Waals surface area contributed by atoms with Gasteiger partial charge in [-0.1, -0.05) is 19.9 Å². The van der Waals surface area contributed by atoms with Gasteiger partial charge in [0.15, 0.2) is 0 Å². The zero-order valence-corrected chi connectivity index (χ0v) is 9.88. The van der Waals surface area contributed by atoms with E-state index in [2.05, 4.69) is 30.2 Å². The van der Waals surface area contributed by atoms with Crippen molar-refractivity contribution in [3.63, 3.8) is 0 Å². The smallest absolute Gasteiger partial charge is 0.126 e. The van der Waals surface area contributed by atoms with Crippen LogP contribution in [-0.4, -0.2) is 11.5 Å². The lowest BCUT2D eigenvalue weighted by Gasteiger charge is -2.13. The quantitative estimate of drug-likeness (QED) is 0.780. The van der Waals surface area contributed by atoms with Crippen LogP contribution in [0.15, 0.2) is 12.1 Å². The standard InChI is InChI=1S/C12H21N3/c1-4-8-14-12-7-6-10(9(3)15-12)11(13)5-2/h6-7,11H,4-5,8,13H2,1-3H3,(H,14,15)/t11-/m0/s1. The number of anilines is 1. The van der Waals surface area contributed by atoms with Crippen molar-refractivity contribution in [1.29, 1.82) is 0 Å². The van der Waals surface area contributed by atoms with Crippen LogP contribution in [-0.2, 0) is 0 Å². The van der Waals surface area contributed by atoms with E-state index in [1.807, 2.05) is 13.0 Å². The van der Waals surface area contributed by atoms with Crippen LogP contribution in [0.5, 0.6) is 0 Å². The molecule has 0 aliphatic carbocycles. The fraction of sp³-hybridized carbons (Fsp3) is 0.583. The zero-order chi connectivity index (χ0) is 11.3. The lowest BCUT2D eigenvalue weighted by Crippen LogP contribution is -2.12. The highest BCUT2D eigenvalue weighted by Crippen LogP contribution is 2.18. The molecular weight excluding hydrogens is 186 g/mol. The van der Waals surface area contributed by atoms with E-state index in [1.54, 1.807) is 0 Å². The van der Waals surface area contributed by atoms with Crippen LogP contribution in [0.4, 0.5) is 5.82 Å². The van der Waals surface area contributed by atoms with Gasteiger partial charge in [-0.3, -0.25) is 0 Å². The first-order valence-electron chi connectivity index (χ1n) is 5.66. The minimum atomic E-state index is 0.109. The Morgan fingerprint density at radius 2 is 2.13 bits per heavy atom. The molecule has 1 heterocycles. The highest BCUT2D eigenvalue weighted by molar-refractivity contribution is 5.39. The van der Waals surface area contributed by atoms with Gasteiger partial charge in [0.25, 0.3) is 0 Å². The van der Waals surface area contributed by atoms with E-state index in [-0.39, 0.29) is 6.04 Å². The van der Waals surface area contributed by atoms with Crippen molar-refractivity contribution in [3.05, 3.63) is 23.4 Å². The highest BCUT2D eigenvalue weighted by atomic mass is 15.0. The molecule has 84 valence electrons. The van der Waals surface area contributed by atoms with Gasteiger partial charge in [-0.25, -0.2) is 4.98 Å². The second-order valence-electron chi connectivity index (χ2n) is 3.81. The Morgan fingerprint density at radius 1 is 1.40 bits per heavy atom. The van der Waals surface area contributed by atoms with E-state index in [9.17, 15) is 0 Å². The number of nitrogens with zero attached hydrogens (tertiary/aromatic N) is 1. The van der Waals surface area contributed by atoms with Crippen molar-refractivity contribution in [3.8, 4) is 0 Å². The molecule has 0 fully saturated rings. The van der Waals surface area contributed by atoms with E-state index in [1.165, 1.54) is 0 Å². The van der Waals surface area contributed by atoms with E-state index in [0.717, 1.165) is 36.5 Å². The molecule has 0 aliphatic heterocycles. The Labute approximate surface area is 92.1 Å². The SMILES string of the molecule is CCCNc1ccc([C@@H](N)CC)c(C)n1. The maximum atomic E-state index is 5.98. The third-order valence-electron chi connectivity index (χ3n) is 2.52. The Kier molecular flexibility index (Phi) is 4.56. The monoisotopic (exact) mass is 207 g/mol. The zero-order valence-electron chi connectivity index (χ0n) is 9.88. The van der Waals surface area contributed by atoms with Crippen LogP contribution >= 0.6 is 0 Å². The summed E-state index contributed by atoms with van der Waals surface area (Å²) >= 11 is 0. The minimum absolute atomic E-state index is 0.109. The van der Waals surface area contributed by atoms with Gasteiger partial charge in [-0.05, 0) is 31.4 Å². The molecule has 0 radical (unpaired) electrons. The molecule has 0 amide bonds. The topological polar surface area (TPSA) is 50.9 Å². The van der Waals surface area contributed by atoms with Gasteiger partial charge >= 0.3 is 0 Å². The summed E-state index contributed by atoms with van der Waals surface area (Å²) < 4.78 is 0. The molecule has 0 aromatic carbocycles. The first-order chi connectivity index (χ1) is 7.19. The van der Waals surface area contributed by atoms with Gasteiger partial charge < -0.3 is 11.1 Å². The van der Waals surface area contributed by atoms with Crippen LogP contribution < -0.4 is 11.1 Å². The number of nitrogens with two attached hydrogens (primary N) is 1. The number of hydrogen-bond donors (Lipinski definition) is 2. The van der Waals surface area contributed by atoms with Crippen molar-refractivity contribution in [2.24, 2.45) is 5.73 Å². The Hall–Kier alpha value is -1.09. The van der Waals surface area contributed by atoms with Crippen molar-refractivity contribution >= 4 is 5.82 Å². The summed E-state index contributed by atoms with van der Waals surface area (Å²) in [7, 11) is 0. The Balaban J connectivity index is 2.78. The predicted molar refractivity (Wildman–Crippen MR) is 65.0 cm³/mol. The van der Waals surface area contributed by atoms with E-state index < -0.39 is 0 Å². The largest absolute Gasteiger partial charge is 0.370 e. The highest BCUT2D eigenvalue weighted by Gasteiger charge is 2.07. The molecule has 3 heteroatoms. The van der Waals surface area contributed by atoms with Gasteiger partial charge in [0.05, 0.1) is 0 Å². The molecule has 1 aromatic rings. The van der Waals surface area contributed by atoms with Gasteiger partial charge in [0.2, 0.25) is 0 Å². The van der Waals surface area contributed by atoms with Crippen LogP contribution in [0.2, 0.25) is 0 Å². The number of aromatic nitrogens is 1. The molecule has 0 aliphatic rings. The normalized spacial score (nSPS) is 12.5. The Morgan fingerprint density at radius 3 is 2.67 bits per heavy atom. The van der Waals surface area contributed by atoms with Crippen molar-refractivity contribution in [2.45, 2.75) is 39.7 Å². The van der Waals surface area contributed by atoms with E-state index in [0.29, 0.717) is 0 Å². The molecule has 15 heavy (non-hydrogen) atoms. The fourth-order valence-electron chi connectivity index (χ4n) is 1.54. The van der Waals surface area contributed by atoms with E-state index >= 15 is 0 Å². The first kappa shape index (κ1) is 12.0. The summed E-state index contributed by atoms with van der Waals surface area (Å²) in [5.41, 5.74) is 8.17. The summed E-state index contributed by atoms with van der Waals surface area (Å²) in [5.74, 6) is 0.946. The summed E-state index contributed by atoms with van der Waals surface area (Å²) in [6.07, 6.45) is 2.06. The van der Waals surface area contributed by atoms with Crippen molar-refractivity contribution < 1.29 is 0 Å². The molecule has 3 N–H and O–H groups in total. The van der Waals surface area contributed by atoms with Crippen LogP contribution in [0.1, 0.15) is 44.0 Å². The summed E-state index contributed by atoms with van der Waals surface area (Å²) in [6, 6.07) is 4.19. The fourth-order valence-corrected chi connectivity index (χ4v) is 1.54. The molecule has 1 rings (SSSR count). The van der Waals surface area contributed by atoms with Crippen LogP contribution in [0, 0.1) is 6.92 Å². The van der Waals surface area contributed by atoms with Crippen LogP contribution in [0.25, 0.3) is 0 Å². The van der Waals surface area contributed by atoms with Crippen molar-refractivity contribution in [2.75, 3.05) is 11.9 Å². The maximum absolute atomic E-state index is 5.98. The number of nitrogens with one attached hydrogen (secondary N) is 1. The van der Waals surface area contributed by atoms with Gasteiger partial charge in [0.1, 0.15) is 5.82 Å². The summed E-state index contributed by atoms with van der Waals surface area (Å²) in [5, 5.41) is 3.27. The number of aryl methyl sites for hydroxylation is 1. The van der Waals surface area contributed by atoms with Gasteiger partial charge in [0, 0.05) is 18.3 Å². The number of rotatable bonds is 5.